The van der Waals surface area contributed by atoms with Crippen LogP contribution in [0.5, 0.6) is 0 Å². The quantitative estimate of drug-likeness (QED) is 0.175. The predicted molar refractivity (Wildman–Crippen MR) is 177 cm³/mol. The molecule has 0 aliphatic heterocycles. The summed E-state index contributed by atoms with van der Waals surface area (Å²) in [6, 6.07) is 8.17. The Morgan fingerprint density at radius 2 is 2.09 bits per heavy atom. The number of nitrogens with one attached hydrogen (secondary N) is 2. The number of fused-ring (bicyclic) bond motifs is 2. The molecular formula is C34H38N6O3S. The van der Waals surface area contributed by atoms with Gasteiger partial charge in [0.1, 0.15) is 12.1 Å². The molecule has 1 aromatic carbocycles. The van der Waals surface area contributed by atoms with Crippen LogP contribution in [0.25, 0.3) is 34.6 Å². The number of benzene rings is 1. The minimum atomic E-state index is -0.117. The van der Waals surface area contributed by atoms with Crippen LogP contribution < -0.4 is 10.2 Å². The molecule has 4 aromatic heterocycles. The monoisotopic (exact) mass is 610 g/mol. The number of carbonyl (C=O) groups excluding carboxylic acids is 1. The highest BCUT2D eigenvalue weighted by Crippen LogP contribution is 2.36. The average molecular weight is 611 g/mol. The molecule has 0 saturated heterocycles. The molecule has 1 saturated carbocycles. The molecule has 5 aromatic rings. The van der Waals surface area contributed by atoms with Crippen LogP contribution in [0, 0.1) is 0 Å². The van der Waals surface area contributed by atoms with Crippen molar-refractivity contribution in [3.63, 3.8) is 0 Å². The first-order valence-corrected chi connectivity index (χ1v) is 16.0. The molecule has 44 heavy (non-hydrogen) atoms. The molecule has 10 heteroatoms. The number of hydrogen-bond acceptors (Lipinski definition) is 7. The van der Waals surface area contributed by atoms with Gasteiger partial charge in [0.2, 0.25) is 0 Å². The van der Waals surface area contributed by atoms with Gasteiger partial charge in [-0.2, -0.15) is 0 Å². The van der Waals surface area contributed by atoms with E-state index in [0.717, 1.165) is 57.2 Å². The zero-order valence-electron chi connectivity index (χ0n) is 25.1. The molecule has 7 rings (SSSR count). The molecule has 9 nitrogen and oxygen atoms in total. The van der Waals surface area contributed by atoms with E-state index in [0.29, 0.717) is 36.8 Å². The van der Waals surface area contributed by atoms with Crippen LogP contribution >= 0.6 is 11.3 Å². The first kappa shape index (κ1) is 29.5. The Morgan fingerprint density at radius 3 is 2.82 bits per heavy atom. The highest BCUT2D eigenvalue weighted by molar-refractivity contribution is 7.13. The van der Waals surface area contributed by atoms with Crippen LogP contribution in [-0.4, -0.2) is 51.2 Å². The Bertz CT molecular complexity index is 1760. The number of hydrogen-bond donors (Lipinski definition) is 3. The summed E-state index contributed by atoms with van der Waals surface area (Å²) in [6.45, 7) is 0.496. The predicted octanol–water partition coefficient (Wildman–Crippen LogP) is 7.63. The van der Waals surface area contributed by atoms with E-state index >= 15 is 0 Å². The highest BCUT2D eigenvalue weighted by Gasteiger charge is 2.23. The molecular weight excluding hydrogens is 572 g/mol. The third-order valence-corrected chi connectivity index (χ3v) is 9.05. The van der Waals surface area contributed by atoms with Crippen LogP contribution in [0.2, 0.25) is 0 Å². The van der Waals surface area contributed by atoms with Crippen molar-refractivity contribution in [1.29, 1.82) is 0 Å². The van der Waals surface area contributed by atoms with Crippen LogP contribution in [0.4, 0.5) is 5.13 Å². The highest BCUT2D eigenvalue weighted by atomic mass is 32.1. The largest absolute Gasteiger partial charge is 0.512 e. The first-order chi connectivity index (χ1) is 21.5. The van der Waals surface area contributed by atoms with Gasteiger partial charge in [-0.3, -0.25) is 4.79 Å². The molecule has 4 heterocycles. The van der Waals surface area contributed by atoms with Gasteiger partial charge in [-0.15, -0.1) is 11.3 Å². The summed E-state index contributed by atoms with van der Waals surface area (Å²) in [6.07, 6.45) is 20.1. The van der Waals surface area contributed by atoms with Crippen molar-refractivity contribution in [2.24, 2.45) is 0 Å². The van der Waals surface area contributed by atoms with E-state index in [1.165, 1.54) is 19.3 Å². The van der Waals surface area contributed by atoms with Gasteiger partial charge in [-0.25, -0.2) is 9.97 Å². The Morgan fingerprint density at radius 1 is 1.23 bits per heavy atom. The molecule has 0 bridgehead atoms. The molecule has 1 fully saturated rings. The number of aromatic nitrogens is 4. The van der Waals surface area contributed by atoms with Gasteiger partial charge in [0, 0.05) is 67.7 Å². The minimum Gasteiger partial charge on any atom is -0.512 e. The molecule has 2 aliphatic rings. The fourth-order valence-electron chi connectivity index (χ4n) is 5.93. The number of carbonyl (C=O) groups is 1. The summed E-state index contributed by atoms with van der Waals surface area (Å²) in [4.78, 5) is 27.2. The van der Waals surface area contributed by atoms with Crippen molar-refractivity contribution in [3.05, 3.63) is 88.8 Å². The second-order valence-electron chi connectivity index (χ2n) is 11.4. The maximum absolute atomic E-state index is 13.0. The fourth-order valence-corrected chi connectivity index (χ4v) is 6.50. The SMILES string of the molecule is CN(C)c1nccs1.O=C(NCCc1c[nH]c2c1C=C(O)CC=C2)c1ccc2c(c1)nc(-c1ccoc1)n2C1CCCCC1. The lowest BCUT2D eigenvalue weighted by Crippen LogP contribution is -2.25. The number of allylic oxidation sites excluding steroid dienone is 1. The Balaban J connectivity index is 0.000000374. The van der Waals surface area contributed by atoms with Gasteiger partial charge in [0.15, 0.2) is 5.13 Å². The zero-order valence-corrected chi connectivity index (χ0v) is 25.9. The van der Waals surface area contributed by atoms with E-state index < -0.39 is 0 Å². The number of anilines is 1. The van der Waals surface area contributed by atoms with Crippen molar-refractivity contribution in [1.82, 2.24) is 24.8 Å². The molecule has 228 valence electrons. The Hall–Kier alpha value is -4.57. The number of nitrogens with zero attached hydrogens (tertiary/aromatic N) is 4. The number of furan rings is 1. The number of aromatic amines is 1. The molecule has 3 N–H and O–H groups in total. The van der Waals surface area contributed by atoms with E-state index in [-0.39, 0.29) is 5.91 Å². The summed E-state index contributed by atoms with van der Waals surface area (Å²) in [5.74, 6) is 1.13. The second-order valence-corrected chi connectivity index (χ2v) is 12.3. The normalized spacial score (nSPS) is 14.8. The van der Waals surface area contributed by atoms with Gasteiger partial charge in [0.25, 0.3) is 5.91 Å². The lowest BCUT2D eigenvalue weighted by molar-refractivity contribution is 0.0954. The number of aliphatic hydroxyl groups is 1. The summed E-state index contributed by atoms with van der Waals surface area (Å²) >= 11 is 1.65. The Kier molecular flexibility index (Phi) is 8.97. The molecule has 2 aliphatic carbocycles. The summed E-state index contributed by atoms with van der Waals surface area (Å²) in [5.41, 5.74) is 6.47. The van der Waals surface area contributed by atoms with Gasteiger partial charge in [-0.1, -0.05) is 25.3 Å². The van der Waals surface area contributed by atoms with E-state index in [1.807, 2.05) is 67.0 Å². The third kappa shape index (κ3) is 6.50. The lowest BCUT2D eigenvalue weighted by Gasteiger charge is -2.25. The molecule has 0 unspecified atom stereocenters. The van der Waals surface area contributed by atoms with Crippen molar-refractivity contribution in [2.45, 2.75) is 51.0 Å². The van der Waals surface area contributed by atoms with Gasteiger partial charge >= 0.3 is 0 Å². The van der Waals surface area contributed by atoms with Crippen LogP contribution in [0.15, 0.2) is 70.8 Å². The average Bonchev–Trinajstić information content (AvgIpc) is 3.85. The van der Waals surface area contributed by atoms with E-state index in [9.17, 15) is 9.90 Å². The number of thiazole rings is 1. The summed E-state index contributed by atoms with van der Waals surface area (Å²) in [7, 11) is 3.97. The van der Waals surface area contributed by atoms with E-state index in [4.69, 9.17) is 9.40 Å². The zero-order chi connectivity index (χ0) is 30.5. The third-order valence-electron chi connectivity index (χ3n) is 8.11. The van der Waals surface area contributed by atoms with E-state index in [2.05, 4.69) is 19.9 Å². The fraction of sp³-hybridized carbons (Fsp3) is 0.324. The summed E-state index contributed by atoms with van der Waals surface area (Å²) < 4.78 is 7.69. The van der Waals surface area contributed by atoms with Crippen LogP contribution in [0.3, 0.4) is 0 Å². The topological polar surface area (TPSA) is 112 Å². The van der Waals surface area contributed by atoms with Crippen molar-refractivity contribution in [2.75, 3.05) is 25.5 Å². The van der Waals surface area contributed by atoms with Gasteiger partial charge < -0.3 is 29.3 Å². The van der Waals surface area contributed by atoms with Crippen LogP contribution in [0.1, 0.15) is 71.7 Å². The molecule has 0 radical (unpaired) electrons. The van der Waals surface area contributed by atoms with Crippen molar-refractivity contribution >= 4 is 45.6 Å². The smallest absolute Gasteiger partial charge is 0.251 e. The number of imidazole rings is 1. The first-order valence-electron chi connectivity index (χ1n) is 15.1. The minimum absolute atomic E-state index is 0.117. The maximum atomic E-state index is 13.0. The van der Waals surface area contributed by atoms with Crippen molar-refractivity contribution in [3.8, 4) is 11.4 Å². The molecule has 0 atom stereocenters. The van der Waals surface area contributed by atoms with Crippen LogP contribution in [-0.2, 0) is 6.42 Å². The number of H-pyrrole nitrogens is 1. The number of amides is 1. The summed E-state index contributed by atoms with van der Waals surface area (Å²) in [5, 5.41) is 16.1. The lowest BCUT2D eigenvalue weighted by atomic mass is 9.95. The molecule has 0 spiro atoms. The number of rotatable bonds is 7. The van der Waals surface area contributed by atoms with Gasteiger partial charge in [0.05, 0.1) is 28.6 Å². The van der Waals surface area contributed by atoms with E-state index in [1.54, 1.807) is 36.1 Å². The van der Waals surface area contributed by atoms with Gasteiger partial charge in [-0.05, 0) is 61.2 Å². The molecule has 1 amide bonds. The Labute approximate surface area is 261 Å². The van der Waals surface area contributed by atoms with Crippen molar-refractivity contribution < 1.29 is 14.3 Å². The maximum Gasteiger partial charge on any atom is 0.251 e. The number of aliphatic hydroxyl groups excluding tert-OH is 1. The standard InChI is InChI=1S/C29H30N4O3.C5H8N2S/c34-23-7-4-8-25-24(16-23)20(17-31-25)11-13-30-29(35)19-9-10-27-26(15-19)32-28(21-12-14-36-18-21)33(27)22-5-2-1-3-6-22;1-7(2)5-6-3-4-8-5/h4,8-10,12,14-18,22,31,34H,1-3,5-7,11,13H2,(H,30,35);3-4H,1-2H3. The second kappa shape index (κ2) is 13.4.